The maximum absolute atomic E-state index is 12.0. The van der Waals surface area contributed by atoms with Crippen molar-refractivity contribution < 1.29 is 4.79 Å². The first-order valence-corrected chi connectivity index (χ1v) is 8.32. The molecule has 2 N–H and O–H groups in total. The normalized spacial score (nSPS) is 19.1. The summed E-state index contributed by atoms with van der Waals surface area (Å²) < 4.78 is 2.16. The van der Waals surface area contributed by atoms with E-state index in [0.29, 0.717) is 12.6 Å². The van der Waals surface area contributed by atoms with Gasteiger partial charge >= 0.3 is 6.03 Å². The van der Waals surface area contributed by atoms with Crippen molar-refractivity contribution >= 4 is 6.03 Å². The Bertz CT molecular complexity index is 503. The van der Waals surface area contributed by atoms with E-state index in [1.807, 2.05) is 0 Å². The molecule has 2 aliphatic rings. The lowest BCUT2D eigenvalue weighted by Crippen LogP contribution is -2.42. The zero-order valence-electron chi connectivity index (χ0n) is 13.0. The summed E-state index contributed by atoms with van der Waals surface area (Å²) in [5, 5.41) is 6.05. The van der Waals surface area contributed by atoms with Crippen molar-refractivity contribution in [3.63, 3.8) is 0 Å². The van der Waals surface area contributed by atoms with Gasteiger partial charge in [0.1, 0.15) is 5.82 Å². The van der Waals surface area contributed by atoms with Crippen LogP contribution in [0, 0.1) is 0 Å². The van der Waals surface area contributed by atoms with Crippen molar-refractivity contribution in [2.24, 2.45) is 7.05 Å². The Balaban J connectivity index is 1.52. The summed E-state index contributed by atoms with van der Waals surface area (Å²) in [6, 6.07) is 0.302. The van der Waals surface area contributed by atoms with Gasteiger partial charge in [0.2, 0.25) is 0 Å². The van der Waals surface area contributed by atoms with E-state index in [0.717, 1.165) is 31.5 Å². The number of carbonyl (C=O) groups is 1. The van der Waals surface area contributed by atoms with Crippen LogP contribution in [-0.2, 0) is 26.4 Å². The van der Waals surface area contributed by atoms with Crippen LogP contribution >= 0.6 is 0 Å². The predicted molar refractivity (Wildman–Crippen MR) is 82.1 cm³/mol. The van der Waals surface area contributed by atoms with Gasteiger partial charge in [-0.2, -0.15) is 0 Å². The second-order valence-corrected chi connectivity index (χ2v) is 6.35. The third-order valence-corrected chi connectivity index (χ3v) is 4.81. The number of amides is 2. The lowest BCUT2D eigenvalue weighted by Gasteiger charge is -2.22. The van der Waals surface area contributed by atoms with Crippen molar-refractivity contribution in [2.45, 2.75) is 70.4 Å². The summed E-state index contributed by atoms with van der Waals surface area (Å²) >= 11 is 0. The van der Waals surface area contributed by atoms with Gasteiger partial charge in [0.05, 0.1) is 12.2 Å². The van der Waals surface area contributed by atoms with E-state index < -0.39 is 0 Å². The van der Waals surface area contributed by atoms with Gasteiger partial charge in [0, 0.05) is 18.8 Å². The van der Waals surface area contributed by atoms with Crippen LogP contribution in [0.25, 0.3) is 0 Å². The molecule has 1 aromatic rings. The molecule has 0 bridgehead atoms. The number of hydrogen-bond acceptors (Lipinski definition) is 2. The fourth-order valence-electron chi connectivity index (χ4n) is 3.54. The number of imidazole rings is 1. The quantitative estimate of drug-likeness (QED) is 0.898. The van der Waals surface area contributed by atoms with Crippen molar-refractivity contribution in [1.82, 2.24) is 20.2 Å². The van der Waals surface area contributed by atoms with Crippen LogP contribution in [-0.4, -0.2) is 21.6 Å². The van der Waals surface area contributed by atoms with Gasteiger partial charge in [-0.25, -0.2) is 9.78 Å². The molecular weight excluding hydrogens is 264 g/mol. The third-order valence-electron chi connectivity index (χ3n) is 4.81. The Morgan fingerprint density at radius 2 is 1.95 bits per heavy atom. The Kier molecular flexibility index (Phi) is 4.46. The van der Waals surface area contributed by atoms with E-state index in [4.69, 9.17) is 0 Å². The minimum Gasteiger partial charge on any atom is -0.335 e. The van der Waals surface area contributed by atoms with Gasteiger partial charge in [-0.05, 0) is 38.5 Å². The van der Waals surface area contributed by atoms with Crippen LogP contribution in [0.1, 0.15) is 62.2 Å². The highest BCUT2D eigenvalue weighted by atomic mass is 16.2. The van der Waals surface area contributed by atoms with Crippen LogP contribution in [0.4, 0.5) is 4.79 Å². The topological polar surface area (TPSA) is 59.0 Å². The van der Waals surface area contributed by atoms with Crippen LogP contribution < -0.4 is 10.6 Å². The standard InChI is InChI=1S/C16H26N4O/c1-20-14-10-6-5-9-13(14)19-15(20)11-17-16(21)18-12-7-3-2-4-8-12/h12H,2-11H2,1H3,(H2,17,18,21). The van der Waals surface area contributed by atoms with Crippen LogP contribution in [0.3, 0.4) is 0 Å². The molecule has 0 radical (unpaired) electrons. The van der Waals surface area contributed by atoms with Gasteiger partial charge in [-0.15, -0.1) is 0 Å². The average molecular weight is 290 g/mol. The highest BCUT2D eigenvalue weighted by Crippen LogP contribution is 2.21. The molecule has 3 rings (SSSR count). The zero-order chi connectivity index (χ0) is 14.7. The second kappa shape index (κ2) is 6.50. The van der Waals surface area contributed by atoms with Crippen molar-refractivity contribution in [2.75, 3.05) is 0 Å². The predicted octanol–water partition coefficient (Wildman–Crippen LogP) is 2.43. The van der Waals surface area contributed by atoms with Gasteiger partial charge in [-0.1, -0.05) is 19.3 Å². The molecule has 2 aliphatic carbocycles. The van der Waals surface area contributed by atoms with E-state index >= 15 is 0 Å². The molecule has 5 heteroatoms. The molecule has 0 atom stereocenters. The first-order valence-electron chi connectivity index (χ1n) is 8.32. The monoisotopic (exact) mass is 290 g/mol. The van der Waals surface area contributed by atoms with E-state index in [9.17, 15) is 4.79 Å². The number of rotatable bonds is 3. The van der Waals surface area contributed by atoms with E-state index in [-0.39, 0.29) is 6.03 Å². The second-order valence-electron chi connectivity index (χ2n) is 6.35. The molecule has 2 amide bonds. The molecule has 1 aromatic heterocycles. The Morgan fingerprint density at radius 3 is 2.71 bits per heavy atom. The summed E-state index contributed by atoms with van der Waals surface area (Å²) in [6.45, 7) is 0.516. The number of aromatic nitrogens is 2. The van der Waals surface area contributed by atoms with Gasteiger partial charge in [0.15, 0.2) is 0 Å². The minimum atomic E-state index is -0.0529. The summed E-state index contributed by atoms with van der Waals surface area (Å²) in [6.07, 6.45) is 10.7. The molecule has 116 valence electrons. The number of hydrogen-bond donors (Lipinski definition) is 2. The number of urea groups is 1. The van der Waals surface area contributed by atoms with E-state index in [1.54, 1.807) is 0 Å². The average Bonchev–Trinajstić information content (AvgIpc) is 2.83. The minimum absolute atomic E-state index is 0.0529. The highest BCUT2D eigenvalue weighted by molar-refractivity contribution is 5.74. The molecule has 0 unspecified atom stereocenters. The fourth-order valence-corrected chi connectivity index (χ4v) is 3.54. The van der Waals surface area contributed by atoms with Gasteiger partial charge in [-0.3, -0.25) is 0 Å². The lowest BCUT2D eigenvalue weighted by molar-refractivity contribution is 0.232. The third kappa shape index (κ3) is 3.39. The largest absolute Gasteiger partial charge is 0.335 e. The molecule has 1 saturated carbocycles. The molecule has 0 saturated heterocycles. The van der Waals surface area contributed by atoms with Crippen molar-refractivity contribution in [3.05, 3.63) is 17.2 Å². The van der Waals surface area contributed by atoms with E-state index in [2.05, 4.69) is 27.2 Å². The molecule has 5 nitrogen and oxygen atoms in total. The van der Waals surface area contributed by atoms with Crippen LogP contribution in [0.15, 0.2) is 0 Å². The molecule has 1 fully saturated rings. The lowest BCUT2D eigenvalue weighted by atomic mass is 9.96. The first kappa shape index (κ1) is 14.4. The van der Waals surface area contributed by atoms with Crippen LogP contribution in [0.2, 0.25) is 0 Å². The van der Waals surface area contributed by atoms with Gasteiger partial charge in [0.25, 0.3) is 0 Å². The maximum Gasteiger partial charge on any atom is 0.315 e. The number of nitrogens with one attached hydrogen (secondary N) is 2. The SMILES string of the molecule is Cn1c(CNC(=O)NC2CCCCC2)nc2c1CCCC2. The summed E-state index contributed by atoms with van der Waals surface area (Å²) in [4.78, 5) is 16.7. The summed E-state index contributed by atoms with van der Waals surface area (Å²) in [7, 11) is 2.06. The highest BCUT2D eigenvalue weighted by Gasteiger charge is 2.19. The maximum atomic E-state index is 12.0. The molecule has 0 aliphatic heterocycles. The van der Waals surface area contributed by atoms with Crippen molar-refractivity contribution in [3.8, 4) is 0 Å². The number of nitrogens with zero attached hydrogens (tertiary/aromatic N) is 2. The first-order chi connectivity index (χ1) is 10.2. The summed E-state index contributed by atoms with van der Waals surface area (Å²) in [5.74, 6) is 0.973. The van der Waals surface area contributed by atoms with Gasteiger partial charge < -0.3 is 15.2 Å². The Hall–Kier alpha value is -1.52. The van der Waals surface area contributed by atoms with Crippen LogP contribution in [0.5, 0.6) is 0 Å². The fraction of sp³-hybridized carbons (Fsp3) is 0.750. The summed E-state index contributed by atoms with van der Waals surface area (Å²) in [5.41, 5.74) is 2.58. The Morgan fingerprint density at radius 1 is 1.19 bits per heavy atom. The number of aryl methyl sites for hydroxylation is 1. The molecule has 0 spiro atoms. The Labute approximate surface area is 126 Å². The van der Waals surface area contributed by atoms with E-state index in [1.165, 1.54) is 43.5 Å². The zero-order valence-corrected chi connectivity index (χ0v) is 13.0. The number of fused-ring (bicyclic) bond motifs is 1. The molecule has 1 heterocycles. The molecule has 0 aromatic carbocycles. The number of carbonyl (C=O) groups excluding carboxylic acids is 1. The molecule has 21 heavy (non-hydrogen) atoms. The smallest absolute Gasteiger partial charge is 0.315 e. The van der Waals surface area contributed by atoms with Crippen molar-refractivity contribution in [1.29, 1.82) is 0 Å². The molecular formula is C16H26N4O.